The predicted octanol–water partition coefficient (Wildman–Crippen LogP) is 5.83. The molecule has 3 heteroatoms. The molecule has 0 aliphatic carbocycles. The molecule has 1 aromatic heterocycles. The first kappa shape index (κ1) is 16.2. The van der Waals surface area contributed by atoms with E-state index in [0.29, 0.717) is 0 Å². The van der Waals surface area contributed by atoms with Crippen molar-refractivity contribution in [2.75, 3.05) is 0 Å². The van der Waals surface area contributed by atoms with Gasteiger partial charge in [0.1, 0.15) is 19.0 Å². The van der Waals surface area contributed by atoms with Crippen LogP contribution in [0, 0.1) is 0 Å². The van der Waals surface area contributed by atoms with Crippen LogP contribution in [-0.2, 0) is 0 Å². The van der Waals surface area contributed by atoms with Gasteiger partial charge >= 0.3 is 0 Å². The summed E-state index contributed by atoms with van der Waals surface area (Å²) in [5.41, 5.74) is 7.48. The highest BCUT2D eigenvalue weighted by Gasteiger charge is 2.15. The minimum absolute atomic E-state index is 0.728. The molecule has 1 nitrogen and oxygen atoms in total. The highest BCUT2D eigenvalue weighted by atomic mass is 35.5. The number of halogens is 1. The van der Waals surface area contributed by atoms with Crippen molar-refractivity contribution in [2.45, 2.75) is 0 Å². The van der Waals surface area contributed by atoms with Crippen LogP contribution in [0.15, 0.2) is 89.3 Å². The molecule has 4 aromatic carbocycles. The Hall–Kier alpha value is -2.97. The van der Waals surface area contributed by atoms with Crippen molar-refractivity contribution in [1.29, 1.82) is 0 Å². The second-order valence-corrected chi connectivity index (χ2v) is 7.20. The van der Waals surface area contributed by atoms with Crippen LogP contribution < -0.4 is 5.46 Å². The van der Waals surface area contributed by atoms with E-state index < -0.39 is 0 Å². The lowest BCUT2D eigenvalue weighted by Gasteiger charge is -2.05. The van der Waals surface area contributed by atoms with Crippen LogP contribution in [0.2, 0.25) is 5.02 Å². The van der Waals surface area contributed by atoms with Gasteiger partial charge in [-0.3, -0.25) is 0 Å². The zero-order valence-corrected chi connectivity index (χ0v) is 15.6. The highest BCUT2D eigenvalue weighted by Crippen LogP contribution is 2.38. The second-order valence-electron chi connectivity index (χ2n) is 6.80. The Morgan fingerprint density at radius 2 is 1.33 bits per heavy atom. The number of hydrogen-bond donors (Lipinski definition) is 0. The normalized spacial score (nSPS) is 11.3. The fourth-order valence-electron chi connectivity index (χ4n) is 3.69. The maximum Gasteiger partial charge on any atom is 0.144 e. The maximum atomic E-state index is 6.48. The first-order valence-electron chi connectivity index (χ1n) is 8.98. The van der Waals surface area contributed by atoms with Crippen LogP contribution >= 0.6 is 11.6 Å². The maximum absolute atomic E-state index is 6.48. The molecule has 0 saturated carbocycles. The van der Waals surface area contributed by atoms with Gasteiger partial charge in [-0.2, -0.15) is 0 Å². The van der Waals surface area contributed by atoms with E-state index in [2.05, 4.69) is 74.6 Å². The van der Waals surface area contributed by atoms with E-state index in [1.165, 1.54) is 11.1 Å². The summed E-state index contributed by atoms with van der Waals surface area (Å²) in [6.45, 7) is 0. The molecule has 0 atom stereocenters. The Balaban J connectivity index is 1.69. The third kappa shape index (κ3) is 2.65. The van der Waals surface area contributed by atoms with Gasteiger partial charge in [0.2, 0.25) is 0 Å². The van der Waals surface area contributed by atoms with E-state index in [1.54, 1.807) is 0 Å². The molecule has 0 amide bonds. The lowest BCUT2D eigenvalue weighted by atomic mass is 9.93. The molecule has 128 valence electrons. The molecular weight excluding hydrogens is 351 g/mol. The minimum atomic E-state index is 0.728. The molecule has 0 aliphatic rings. The van der Waals surface area contributed by atoms with Gasteiger partial charge in [-0.15, -0.1) is 0 Å². The van der Waals surface area contributed by atoms with Crippen LogP contribution in [0.5, 0.6) is 0 Å². The van der Waals surface area contributed by atoms with E-state index in [9.17, 15) is 0 Å². The number of benzene rings is 4. The number of fused-ring (bicyclic) bond motifs is 3. The van der Waals surface area contributed by atoms with Gasteiger partial charge in [0, 0.05) is 16.3 Å². The molecule has 5 rings (SSSR count). The molecule has 0 radical (unpaired) electrons. The fraction of sp³-hybridized carbons (Fsp3) is 0. The van der Waals surface area contributed by atoms with E-state index in [4.69, 9.17) is 16.0 Å². The molecule has 5 aromatic rings. The van der Waals surface area contributed by atoms with Gasteiger partial charge in [0.15, 0.2) is 0 Å². The van der Waals surface area contributed by atoms with Crippen LogP contribution in [0.25, 0.3) is 44.2 Å². The lowest BCUT2D eigenvalue weighted by Crippen LogP contribution is -2.01. The minimum Gasteiger partial charge on any atom is -0.456 e. The molecule has 0 N–H and O–H groups in total. The summed E-state index contributed by atoms with van der Waals surface area (Å²) in [4.78, 5) is 0. The first-order chi connectivity index (χ1) is 13.2. The molecule has 0 unspecified atom stereocenters. The fourth-order valence-corrected chi connectivity index (χ4v) is 3.94. The Bertz CT molecular complexity index is 1270. The standard InChI is InChI=1S/C24H16BClO/c25-20-13-14-21(26)22-19-8-4-7-18(23(19)27-24(20)22)17-11-9-16(10-12-17)15-5-2-1-3-6-15/h1-14H,25H2. The molecule has 0 aliphatic heterocycles. The van der Waals surface area contributed by atoms with Crippen molar-refractivity contribution in [3.8, 4) is 22.3 Å². The van der Waals surface area contributed by atoms with Crippen molar-refractivity contribution in [3.63, 3.8) is 0 Å². The van der Waals surface area contributed by atoms with Crippen LogP contribution in [0.4, 0.5) is 0 Å². The van der Waals surface area contributed by atoms with Crippen molar-refractivity contribution in [3.05, 3.63) is 90.0 Å². The topological polar surface area (TPSA) is 13.1 Å². The molecule has 0 fully saturated rings. The third-order valence-electron chi connectivity index (χ3n) is 5.10. The number of hydrogen-bond acceptors (Lipinski definition) is 1. The molecular formula is C24H16BClO. The summed E-state index contributed by atoms with van der Waals surface area (Å²) in [6.07, 6.45) is 0. The zero-order valence-electron chi connectivity index (χ0n) is 14.9. The monoisotopic (exact) mass is 366 g/mol. The largest absolute Gasteiger partial charge is 0.456 e. The van der Waals surface area contributed by atoms with Gasteiger partial charge in [-0.1, -0.05) is 90.5 Å². The molecule has 0 bridgehead atoms. The summed E-state index contributed by atoms with van der Waals surface area (Å²) >= 11 is 6.48. The summed E-state index contributed by atoms with van der Waals surface area (Å²) in [7, 11) is 2.05. The molecule has 0 spiro atoms. The SMILES string of the molecule is Bc1ccc(Cl)c2c1oc1c(-c3ccc(-c4ccccc4)cc3)cccc12. The van der Waals surface area contributed by atoms with Crippen molar-refractivity contribution in [2.24, 2.45) is 0 Å². The summed E-state index contributed by atoms with van der Waals surface area (Å²) in [5.74, 6) is 0. The van der Waals surface area contributed by atoms with Crippen molar-refractivity contribution in [1.82, 2.24) is 0 Å². The van der Waals surface area contributed by atoms with Gasteiger partial charge in [-0.05, 0) is 28.2 Å². The summed E-state index contributed by atoms with van der Waals surface area (Å²) in [6, 6.07) is 29.2. The van der Waals surface area contributed by atoms with Crippen LogP contribution in [0.3, 0.4) is 0 Å². The van der Waals surface area contributed by atoms with E-state index >= 15 is 0 Å². The Morgan fingerprint density at radius 3 is 2.11 bits per heavy atom. The Labute approximate surface area is 163 Å². The van der Waals surface area contributed by atoms with Gasteiger partial charge in [0.05, 0.1) is 5.02 Å². The highest BCUT2D eigenvalue weighted by molar-refractivity contribution is 6.44. The smallest absolute Gasteiger partial charge is 0.144 e. The number of furan rings is 1. The summed E-state index contributed by atoms with van der Waals surface area (Å²) < 4.78 is 6.28. The van der Waals surface area contributed by atoms with E-state index in [0.717, 1.165) is 43.6 Å². The van der Waals surface area contributed by atoms with E-state index in [-0.39, 0.29) is 0 Å². The predicted molar refractivity (Wildman–Crippen MR) is 118 cm³/mol. The Kier molecular flexibility index (Phi) is 3.80. The summed E-state index contributed by atoms with van der Waals surface area (Å²) in [5, 5.41) is 2.78. The van der Waals surface area contributed by atoms with Gasteiger partial charge in [0.25, 0.3) is 0 Å². The average Bonchev–Trinajstić information content (AvgIpc) is 3.13. The Morgan fingerprint density at radius 1 is 0.630 bits per heavy atom. The number of para-hydroxylation sites is 1. The molecule has 0 saturated heterocycles. The van der Waals surface area contributed by atoms with Crippen molar-refractivity contribution >= 4 is 46.8 Å². The zero-order chi connectivity index (χ0) is 18.4. The van der Waals surface area contributed by atoms with Gasteiger partial charge < -0.3 is 4.42 Å². The first-order valence-corrected chi connectivity index (χ1v) is 9.36. The van der Waals surface area contributed by atoms with Crippen molar-refractivity contribution < 1.29 is 4.42 Å². The number of rotatable bonds is 2. The van der Waals surface area contributed by atoms with Crippen LogP contribution in [0.1, 0.15) is 0 Å². The lowest BCUT2D eigenvalue weighted by molar-refractivity contribution is 0.672. The van der Waals surface area contributed by atoms with E-state index in [1.807, 2.05) is 18.2 Å². The molecule has 27 heavy (non-hydrogen) atoms. The third-order valence-corrected chi connectivity index (χ3v) is 5.41. The van der Waals surface area contributed by atoms with Crippen LogP contribution in [-0.4, -0.2) is 7.85 Å². The average molecular weight is 367 g/mol. The second kappa shape index (κ2) is 6.33. The van der Waals surface area contributed by atoms with Gasteiger partial charge in [-0.25, -0.2) is 0 Å². The quantitative estimate of drug-likeness (QED) is 0.358. The molecule has 1 heterocycles.